The van der Waals surface area contributed by atoms with Crippen molar-refractivity contribution in [1.29, 1.82) is 0 Å². The zero-order valence-corrected chi connectivity index (χ0v) is 5.50. The van der Waals surface area contributed by atoms with E-state index in [0.29, 0.717) is 5.41 Å². The predicted molar refractivity (Wildman–Crippen MR) is 36.6 cm³/mol. The first kappa shape index (κ1) is 4.74. The van der Waals surface area contributed by atoms with Gasteiger partial charge in [-0.2, -0.15) is 0 Å². The first-order valence-corrected chi connectivity index (χ1v) is 3.44. The summed E-state index contributed by atoms with van der Waals surface area (Å²) in [6.07, 6.45) is 3.88. The molecule has 3 aliphatic rings. The smallest absolute Gasteiger partial charge is 0.0790 e. The van der Waals surface area contributed by atoms with Crippen LogP contribution < -0.4 is 5.73 Å². The molecular formula is C6H9NS. The van der Waals surface area contributed by atoms with E-state index in [1.807, 2.05) is 0 Å². The van der Waals surface area contributed by atoms with Crippen LogP contribution in [0.15, 0.2) is 0 Å². The van der Waals surface area contributed by atoms with Gasteiger partial charge >= 0.3 is 0 Å². The third-order valence-electron chi connectivity index (χ3n) is 2.56. The van der Waals surface area contributed by atoms with Gasteiger partial charge in [0.2, 0.25) is 0 Å². The molecule has 0 atom stereocenters. The number of rotatable bonds is 1. The summed E-state index contributed by atoms with van der Waals surface area (Å²) in [7, 11) is 0. The van der Waals surface area contributed by atoms with Gasteiger partial charge in [-0.05, 0) is 25.2 Å². The van der Waals surface area contributed by atoms with Crippen molar-refractivity contribution in [2.45, 2.75) is 19.3 Å². The van der Waals surface area contributed by atoms with Crippen LogP contribution in [0.3, 0.4) is 0 Å². The van der Waals surface area contributed by atoms with Gasteiger partial charge in [0.15, 0.2) is 0 Å². The fourth-order valence-corrected chi connectivity index (χ4v) is 2.03. The average molecular weight is 127 g/mol. The van der Waals surface area contributed by atoms with Gasteiger partial charge in [-0.3, -0.25) is 0 Å². The first-order valence-electron chi connectivity index (χ1n) is 3.03. The highest BCUT2D eigenvalue weighted by Crippen LogP contribution is 2.64. The summed E-state index contributed by atoms with van der Waals surface area (Å²) in [5, 5.41) is 0. The Kier molecular flexibility index (Phi) is 0.639. The molecule has 3 saturated carbocycles. The molecule has 3 aliphatic carbocycles. The number of hydrogen-bond acceptors (Lipinski definition) is 1. The molecule has 8 heavy (non-hydrogen) atoms. The van der Waals surface area contributed by atoms with Crippen LogP contribution in [0.2, 0.25) is 0 Å². The molecule has 0 unspecified atom stereocenters. The van der Waals surface area contributed by atoms with Crippen molar-refractivity contribution in [3.05, 3.63) is 0 Å². The van der Waals surface area contributed by atoms with Crippen molar-refractivity contribution in [3.8, 4) is 0 Å². The topological polar surface area (TPSA) is 26.0 Å². The molecule has 0 aromatic carbocycles. The molecule has 3 rings (SSSR count). The number of nitrogens with two attached hydrogens (primary N) is 1. The molecule has 44 valence electrons. The van der Waals surface area contributed by atoms with E-state index < -0.39 is 0 Å². The van der Waals surface area contributed by atoms with Crippen LogP contribution in [-0.2, 0) is 0 Å². The van der Waals surface area contributed by atoms with E-state index in [2.05, 4.69) is 0 Å². The van der Waals surface area contributed by atoms with E-state index in [-0.39, 0.29) is 0 Å². The van der Waals surface area contributed by atoms with Gasteiger partial charge in [0.05, 0.1) is 4.99 Å². The van der Waals surface area contributed by atoms with E-state index in [4.69, 9.17) is 18.0 Å². The highest BCUT2D eigenvalue weighted by atomic mass is 32.1. The lowest BCUT2D eigenvalue weighted by molar-refractivity contribution is -0.0392. The highest BCUT2D eigenvalue weighted by molar-refractivity contribution is 7.80. The van der Waals surface area contributed by atoms with Crippen LogP contribution in [0.1, 0.15) is 19.3 Å². The summed E-state index contributed by atoms with van der Waals surface area (Å²) >= 11 is 4.90. The van der Waals surface area contributed by atoms with Gasteiger partial charge in [-0.25, -0.2) is 0 Å². The Morgan fingerprint density at radius 3 is 2.00 bits per heavy atom. The average Bonchev–Trinajstić information content (AvgIpc) is 1.16. The second-order valence-corrected chi connectivity index (χ2v) is 3.56. The third kappa shape index (κ3) is 0.323. The summed E-state index contributed by atoms with van der Waals surface area (Å²) in [5.41, 5.74) is 5.88. The maximum absolute atomic E-state index is 5.50. The van der Waals surface area contributed by atoms with Gasteiger partial charge in [0.1, 0.15) is 0 Å². The lowest BCUT2D eigenvalue weighted by Crippen LogP contribution is -2.58. The molecule has 2 bridgehead atoms. The van der Waals surface area contributed by atoms with Gasteiger partial charge in [0, 0.05) is 5.41 Å². The summed E-state index contributed by atoms with van der Waals surface area (Å²) in [4.78, 5) is 0.764. The molecular weight excluding hydrogens is 118 g/mol. The summed E-state index contributed by atoms with van der Waals surface area (Å²) in [5.74, 6) is 0.997. The monoisotopic (exact) mass is 127 g/mol. The minimum absolute atomic E-state index is 0.375. The van der Waals surface area contributed by atoms with Gasteiger partial charge in [-0.15, -0.1) is 0 Å². The quantitative estimate of drug-likeness (QED) is 0.533. The van der Waals surface area contributed by atoms with Crippen molar-refractivity contribution in [2.24, 2.45) is 17.1 Å². The second kappa shape index (κ2) is 1.08. The summed E-state index contributed by atoms with van der Waals surface area (Å²) < 4.78 is 0. The third-order valence-corrected chi connectivity index (χ3v) is 2.99. The maximum atomic E-state index is 5.50. The predicted octanol–water partition coefficient (Wildman–Crippen LogP) is 1.07. The SMILES string of the molecule is NC(=S)C12CC(C1)C2. The van der Waals surface area contributed by atoms with Crippen LogP contribution in [0, 0.1) is 11.3 Å². The van der Waals surface area contributed by atoms with E-state index in [1.165, 1.54) is 19.3 Å². The Bertz CT molecular complexity index is 136. The fraction of sp³-hybridized carbons (Fsp3) is 0.833. The Morgan fingerprint density at radius 1 is 1.50 bits per heavy atom. The van der Waals surface area contributed by atoms with E-state index in [9.17, 15) is 0 Å². The van der Waals surface area contributed by atoms with Crippen LogP contribution >= 0.6 is 12.2 Å². The largest absolute Gasteiger partial charge is 0.393 e. The zero-order valence-electron chi connectivity index (χ0n) is 4.68. The molecule has 0 aromatic heterocycles. The Hall–Kier alpha value is -0.110. The van der Waals surface area contributed by atoms with Crippen molar-refractivity contribution in [2.75, 3.05) is 0 Å². The van der Waals surface area contributed by atoms with Crippen LogP contribution in [0.5, 0.6) is 0 Å². The number of thiocarbonyl (C=S) groups is 1. The molecule has 2 N–H and O–H groups in total. The lowest BCUT2D eigenvalue weighted by Gasteiger charge is -2.61. The van der Waals surface area contributed by atoms with E-state index in [1.54, 1.807) is 0 Å². The van der Waals surface area contributed by atoms with E-state index in [0.717, 1.165) is 10.9 Å². The van der Waals surface area contributed by atoms with Crippen LogP contribution in [-0.4, -0.2) is 4.99 Å². The first-order chi connectivity index (χ1) is 3.73. The molecule has 0 aliphatic heterocycles. The van der Waals surface area contributed by atoms with Crippen molar-refractivity contribution in [3.63, 3.8) is 0 Å². The molecule has 0 radical (unpaired) electrons. The molecule has 3 fully saturated rings. The minimum Gasteiger partial charge on any atom is -0.393 e. The van der Waals surface area contributed by atoms with Crippen molar-refractivity contribution >= 4 is 17.2 Å². The lowest BCUT2D eigenvalue weighted by atomic mass is 9.44. The Morgan fingerprint density at radius 2 is 2.00 bits per heavy atom. The van der Waals surface area contributed by atoms with Crippen molar-refractivity contribution < 1.29 is 0 Å². The molecule has 0 amide bonds. The molecule has 2 heteroatoms. The summed E-state index contributed by atoms with van der Waals surface area (Å²) in [6.45, 7) is 0. The fourth-order valence-electron chi connectivity index (χ4n) is 1.78. The van der Waals surface area contributed by atoms with Gasteiger partial charge < -0.3 is 5.73 Å². The molecule has 0 heterocycles. The maximum Gasteiger partial charge on any atom is 0.0790 e. The normalized spacial score (nSPS) is 49.2. The van der Waals surface area contributed by atoms with Gasteiger partial charge in [-0.1, -0.05) is 12.2 Å². The molecule has 0 aromatic rings. The van der Waals surface area contributed by atoms with Crippen molar-refractivity contribution in [1.82, 2.24) is 0 Å². The Balaban J connectivity index is 2.15. The van der Waals surface area contributed by atoms with Gasteiger partial charge in [0.25, 0.3) is 0 Å². The molecule has 0 saturated heterocycles. The highest BCUT2D eigenvalue weighted by Gasteiger charge is 2.58. The second-order valence-electron chi connectivity index (χ2n) is 3.12. The number of hydrogen-bond donors (Lipinski definition) is 1. The molecule has 0 spiro atoms. The van der Waals surface area contributed by atoms with E-state index >= 15 is 0 Å². The van der Waals surface area contributed by atoms with Crippen LogP contribution in [0.4, 0.5) is 0 Å². The standard InChI is InChI=1S/C6H9NS/c7-5(8)6-1-4(2-6)3-6/h4H,1-3H2,(H2,7,8). The zero-order chi connectivity index (χ0) is 5.78. The Labute approximate surface area is 54.3 Å². The molecule has 1 nitrogen and oxygen atoms in total. The minimum atomic E-state index is 0.375. The summed E-state index contributed by atoms with van der Waals surface area (Å²) in [6, 6.07) is 0. The van der Waals surface area contributed by atoms with Crippen LogP contribution in [0.25, 0.3) is 0 Å².